The average molecular weight is 1070 g/mol. The third kappa shape index (κ3) is 21.7. The van der Waals surface area contributed by atoms with Crippen LogP contribution in [0.4, 0.5) is 0 Å². The summed E-state index contributed by atoms with van der Waals surface area (Å²) in [7, 11) is 1.59. The number of aliphatic hydroxyl groups is 7. The number of ketones is 1. The van der Waals surface area contributed by atoms with Crippen LogP contribution in [0, 0.1) is 0 Å². The number of Topliss-reactive ketones (excluding diaryl/α,β-unsaturated/α-hetero) is 1. The minimum atomic E-state index is -1.45. The van der Waals surface area contributed by atoms with Gasteiger partial charge in [-0.05, 0) is 64.2 Å². The van der Waals surface area contributed by atoms with E-state index in [0.717, 1.165) is 6.42 Å². The largest absolute Gasteiger partial charge is 0.394 e. The van der Waals surface area contributed by atoms with E-state index in [-0.39, 0.29) is 107 Å². The summed E-state index contributed by atoms with van der Waals surface area (Å²) in [6.07, 6.45) is -3.33. The smallest absolute Gasteiger partial charge is 0.222 e. The number of hydrogen-bond donors (Lipinski definition) is 11. The van der Waals surface area contributed by atoms with Gasteiger partial charge in [0.2, 0.25) is 29.5 Å². The summed E-state index contributed by atoms with van der Waals surface area (Å²) in [6, 6.07) is -3.16. The van der Waals surface area contributed by atoms with E-state index in [4.69, 9.17) is 23.7 Å². The zero-order chi connectivity index (χ0) is 50.2. The normalized spacial score (nSPS) is 28.3. The predicted molar refractivity (Wildman–Crippen MR) is 240 cm³/mol. The minimum Gasteiger partial charge on any atom is -0.394 e. The van der Waals surface area contributed by atoms with Crippen molar-refractivity contribution in [2.45, 2.75) is 196 Å². The van der Waals surface area contributed by atoms with Crippen molar-refractivity contribution in [3.8, 4) is 0 Å². The molecular formula is C45H79N5O18Y. The number of nitrogens with zero attached hydrogens (tertiary/aromatic N) is 1. The van der Waals surface area contributed by atoms with E-state index in [2.05, 4.69) is 21.3 Å². The summed E-state index contributed by atoms with van der Waals surface area (Å²) in [4.78, 5) is 77.0. The number of aliphatic hydroxyl groups excluding tert-OH is 7. The Bertz CT molecular complexity index is 1560. The van der Waals surface area contributed by atoms with Gasteiger partial charge in [0.15, 0.2) is 18.4 Å². The van der Waals surface area contributed by atoms with Gasteiger partial charge < -0.3 is 85.6 Å². The van der Waals surface area contributed by atoms with Crippen molar-refractivity contribution in [3.63, 3.8) is 0 Å². The molecule has 0 bridgehead atoms. The summed E-state index contributed by atoms with van der Waals surface area (Å²) >= 11 is 0. The molecule has 0 aliphatic carbocycles. The van der Waals surface area contributed by atoms with Gasteiger partial charge in [0.25, 0.3) is 0 Å². The molecule has 3 saturated heterocycles. The van der Waals surface area contributed by atoms with Crippen molar-refractivity contribution >= 4 is 35.3 Å². The number of hydrogen-bond acceptors (Lipinski definition) is 18. The average Bonchev–Trinajstić information content (AvgIpc) is 3.74. The molecule has 3 aliphatic heterocycles. The molecule has 0 aromatic heterocycles. The number of carbonyl (C=O) groups excluding carboxylic acids is 6. The Morgan fingerprint density at radius 3 is 1.64 bits per heavy atom. The topological polar surface area (TPSA) is 342 Å². The van der Waals surface area contributed by atoms with Crippen LogP contribution in [0.15, 0.2) is 0 Å². The van der Waals surface area contributed by atoms with Crippen LogP contribution in [-0.4, -0.2) is 209 Å². The molecule has 1 radical (unpaired) electrons. The quantitative estimate of drug-likeness (QED) is 0.0311. The maximum absolute atomic E-state index is 13.5. The number of methoxy groups -OCH3 is 1. The monoisotopic (exact) mass is 1070 g/mol. The van der Waals surface area contributed by atoms with Crippen LogP contribution in [0.1, 0.15) is 117 Å². The summed E-state index contributed by atoms with van der Waals surface area (Å²) in [5.41, 5.74) is 0. The maximum Gasteiger partial charge on any atom is 0.222 e. The summed E-state index contributed by atoms with van der Waals surface area (Å²) in [5.74, 6) is -1.66. The van der Waals surface area contributed by atoms with E-state index >= 15 is 0 Å². The minimum absolute atomic E-state index is 0. The number of carbonyl (C=O) groups is 6. The van der Waals surface area contributed by atoms with Gasteiger partial charge >= 0.3 is 0 Å². The predicted octanol–water partition coefficient (Wildman–Crippen LogP) is -2.47. The summed E-state index contributed by atoms with van der Waals surface area (Å²) < 4.78 is 27.9. The SMILES string of the molecule is CO[C@@H]1C[C@@H](CO)N(C(=O)CCCCCCC(=O)[C@H](CCCCNC(=O)CCCCOC2OC(CO)C(O)C(O)C2NC(C)=O)NC(=O)CCCCOC2OC(CO)C(O)C(O)C2NC(C)=O)C1.[Y]. The molecule has 3 rings (SSSR count). The van der Waals surface area contributed by atoms with Crippen molar-refractivity contribution < 1.29 is 121 Å². The Morgan fingerprint density at radius 1 is 0.638 bits per heavy atom. The Hall–Kier alpha value is -2.36. The van der Waals surface area contributed by atoms with Crippen LogP contribution in [0.3, 0.4) is 0 Å². The third-order valence-corrected chi connectivity index (χ3v) is 12.4. The molecule has 23 nitrogen and oxygen atoms in total. The van der Waals surface area contributed by atoms with Crippen molar-refractivity contribution in [2.24, 2.45) is 0 Å². The Balaban J connectivity index is 0.0000163. The molecule has 395 valence electrons. The van der Waals surface area contributed by atoms with E-state index in [1.54, 1.807) is 12.0 Å². The van der Waals surface area contributed by atoms with Crippen molar-refractivity contribution in [2.75, 3.05) is 53.2 Å². The van der Waals surface area contributed by atoms with Gasteiger partial charge in [0.05, 0.1) is 38.0 Å². The van der Waals surface area contributed by atoms with Gasteiger partial charge in [0, 0.05) is 106 Å². The standard InChI is InChI=1S/C45H79N5O18.Y/c1-27(54)47-38-42(62)40(60)33(25-52)67-44(38)65-20-12-9-16-35(57)46-19-11-8-14-31(32(56)15-6-4-5-7-18-37(59)50-23-30(64-3)22-29(50)24-51)49-36(58)17-10-13-21-66-45-39(48-28(2)55)43(63)41(61)34(26-53)68-45;/h29-31,33-34,38-45,51-53,60-63H,4-26H2,1-3H3,(H,46,57)(H,47,54)(H,48,55)(H,49,58);/t29-,30+,31-,33?,34?,38?,39?,40?,41?,42?,43?,44?,45?;/m0./s1. The molecule has 10 unspecified atom stereocenters. The second kappa shape index (κ2) is 34.1. The molecule has 24 heteroatoms. The number of ether oxygens (including phenoxy) is 5. The van der Waals surface area contributed by atoms with Crippen LogP contribution >= 0.6 is 0 Å². The number of rotatable bonds is 32. The molecule has 0 spiro atoms. The third-order valence-electron chi connectivity index (χ3n) is 12.4. The van der Waals surface area contributed by atoms with Crippen LogP contribution in [0.2, 0.25) is 0 Å². The zero-order valence-corrected chi connectivity index (χ0v) is 43.3. The second-order valence-electron chi connectivity index (χ2n) is 17.8. The van der Waals surface area contributed by atoms with Crippen LogP contribution in [0.25, 0.3) is 0 Å². The van der Waals surface area contributed by atoms with E-state index in [1.165, 1.54) is 13.8 Å². The number of unbranched alkanes of at least 4 members (excludes halogenated alkanes) is 6. The van der Waals surface area contributed by atoms with E-state index < -0.39 is 92.4 Å². The summed E-state index contributed by atoms with van der Waals surface area (Å²) in [6.45, 7) is 2.17. The molecule has 5 amide bonds. The fourth-order valence-corrected chi connectivity index (χ4v) is 8.54. The summed E-state index contributed by atoms with van der Waals surface area (Å²) in [5, 5.41) is 80.8. The molecule has 0 aromatic rings. The van der Waals surface area contributed by atoms with E-state index in [9.17, 15) is 64.5 Å². The van der Waals surface area contributed by atoms with Gasteiger partial charge in [-0.15, -0.1) is 0 Å². The molecular weight excluding hydrogens is 987 g/mol. The first-order valence-corrected chi connectivity index (χ1v) is 24.1. The first-order chi connectivity index (χ1) is 32.5. The molecule has 13 atom stereocenters. The Morgan fingerprint density at radius 2 is 1.14 bits per heavy atom. The molecule has 11 N–H and O–H groups in total. The molecule has 3 heterocycles. The first-order valence-electron chi connectivity index (χ1n) is 24.1. The molecule has 3 fully saturated rings. The van der Waals surface area contributed by atoms with E-state index in [0.29, 0.717) is 90.1 Å². The molecule has 3 aliphatic rings. The van der Waals surface area contributed by atoms with Gasteiger partial charge in [-0.3, -0.25) is 28.8 Å². The van der Waals surface area contributed by atoms with E-state index in [1.807, 2.05) is 0 Å². The van der Waals surface area contributed by atoms with Gasteiger partial charge in [-0.1, -0.05) is 12.8 Å². The van der Waals surface area contributed by atoms with Gasteiger partial charge in [-0.2, -0.15) is 0 Å². The fourth-order valence-electron chi connectivity index (χ4n) is 8.54. The van der Waals surface area contributed by atoms with Gasteiger partial charge in [-0.25, -0.2) is 0 Å². The van der Waals surface area contributed by atoms with Crippen LogP contribution in [0.5, 0.6) is 0 Å². The van der Waals surface area contributed by atoms with Crippen molar-refractivity contribution in [3.05, 3.63) is 0 Å². The molecule has 0 saturated carbocycles. The molecule has 69 heavy (non-hydrogen) atoms. The van der Waals surface area contributed by atoms with Crippen molar-refractivity contribution in [1.29, 1.82) is 0 Å². The van der Waals surface area contributed by atoms with Crippen molar-refractivity contribution in [1.82, 2.24) is 26.2 Å². The second-order valence-corrected chi connectivity index (χ2v) is 17.8. The molecule has 0 aromatic carbocycles. The van der Waals surface area contributed by atoms with Crippen LogP contribution in [-0.2, 0) is 85.2 Å². The number of amides is 5. The maximum atomic E-state index is 13.5. The van der Waals surface area contributed by atoms with Crippen LogP contribution < -0.4 is 21.3 Å². The number of nitrogens with one attached hydrogen (secondary N) is 4. The zero-order valence-electron chi connectivity index (χ0n) is 40.4. The Kier molecular flexibility index (Phi) is 31.0. The number of likely N-dealkylation sites (tertiary alicyclic amines) is 1. The fraction of sp³-hybridized carbons (Fsp3) is 0.867. The first kappa shape index (κ1) is 62.8. The van der Waals surface area contributed by atoms with Gasteiger partial charge in [0.1, 0.15) is 48.7 Å². The Labute approximate surface area is 429 Å².